The first-order valence-corrected chi connectivity index (χ1v) is 21.1. The lowest BCUT2D eigenvalue weighted by Crippen LogP contribution is -2.44. The third-order valence-electron chi connectivity index (χ3n) is 5.06. The zero-order chi connectivity index (χ0) is 31.2. The Balaban J connectivity index is 2.31. The number of hydrogen-bond donors (Lipinski definition) is 4. The summed E-state index contributed by atoms with van der Waals surface area (Å²) in [6.45, 7) is 3.94. The average molecular weight is 692 g/mol. The van der Waals surface area contributed by atoms with Gasteiger partial charge in [-0.2, -0.15) is 38.9 Å². The molecule has 1 aromatic carbocycles. The van der Waals surface area contributed by atoms with Gasteiger partial charge in [-0.15, -0.1) is 0 Å². The molecule has 0 saturated carbocycles. The predicted octanol–water partition coefficient (Wildman–Crippen LogP) is 0.802. The smallest absolute Gasteiger partial charge is 0.390 e. The fourth-order valence-corrected chi connectivity index (χ4v) is 20.5. The number of unbranched alkanes of at least 4 members (excludes halogenated alkanes) is 1. The lowest BCUT2D eigenvalue weighted by atomic mass is 10.1. The molecule has 228 valence electrons. The van der Waals surface area contributed by atoms with Crippen molar-refractivity contribution in [1.82, 2.24) is 15.7 Å². The van der Waals surface area contributed by atoms with Crippen LogP contribution in [0.5, 0.6) is 0 Å². The lowest BCUT2D eigenvalue weighted by Gasteiger charge is -2.17. The number of aromatic nitrogens is 1. The fraction of sp³-hybridized carbons (Fsp3) is 0.389. The highest BCUT2D eigenvalue weighted by Gasteiger charge is 2.52. The number of nitriles is 1. The highest BCUT2D eigenvalue weighted by atomic mass is 33.9. The third-order valence-corrected chi connectivity index (χ3v) is 24.8. The Kier molecular flexibility index (Phi) is 11.2. The van der Waals surface area contributed by atoms with Crippen LogP contribution in [0.1, 0.15) is 44.4 Å². The van der Waals surface area contributed by atoms with Crippen LogP contribution in [0.4, 0.5) is 15.6 Å². The number of hydrogen-bond acceptors (Lipinski definition) is 15. The van der Waals surface area contributed by atoms with E-state index in [1.54, 1.807) is 0 Å². The van der Waals surface area contributed by atoms with Crippen LogP contribution in [-0.2, 0) is 42.9 Å². The van der Waals surface area contributed by atoms with Crippen LogP contribution in [0.25, 0.3) is 11.3 Å². The van der Waals surface area contributed by atoms with Crippen molar-refractivity contribution < 1.29 is 47.2 Å². The Morgan fingerprint density at radius 2 is 1.78 bits per heavy atom. The van der Waals surface area contributed by atoms with E-state index in [9.17, 15) is 52.5 Å². The van der Waals surface area contributed by atoms with Crippen molar-refractivity contribution in [2.75, 3.05) is 10.1 Å². The van der Waals surface area contributed by atoms with Crippen LogP contribution in [-0.4, -0.2) is 59.5 Å². The number of nitrogens with one attached hydrogen (secondary N) is 4. The number of hydrazine groups is 1. The standard InChI is InChI=1S/C18H24N6O11S6/c1-3-5-8-13(4-2)20-17(25)22-23-18-21-16(15(11-19)36-18)12-7-6-9-14(10-12)24-38(28,29)40(32,33)41(34,35)39(30,31)37(26)27/h6-7,9-10,13,24H,3-5,8H2,1-2H3,(H,21,23)(H,26,27)(H2,20,22,25)/p-1. The molecule has 0 radical (unpaired) electrons. The summed E-state index contributed by atoms with van der Waals surface area (Å²) < 4.78 is 119. The summed E-state index contributed by atoms with van der Waals surface area (Å²) in [5, 5.41) is 12.3. The zero-order valence-corrected chi connectivity index (χ0v) is 25.9. The number of amides is 2. The van der Waals surface area contributed by atoms with Gasteiger partial charge in [0.1, 0.15) is 16.6 Å². The van der Waals surface area contributed by atoms with E-state index in [4.69, 9.17) is 0 Å². The Morgan fingerprint density at radius 3 is 2.34 bits per heavy atom. The van der Waals surface area contributed by atoms with E-state index in [-0.39, 0.29) is 27.3 Å². The van der Waals surface area contributed by atoms with Crippen molar-refractivity contribution in [3.8, 4) is 17.3 Å². The molecule has 2 amide bonds. The van der Waals surface area contributed by atoms with Gasteiger partial charge in [0.15, 0.2) is 0 Å². The second-order valence-electron chi connectivity index (χ2n) is 7.85. The normalized spacial score (nSPS) is 13.9. The number of benzene rings is 1. The van der Waals surface area contributed by atoms with Crippen molar-refractivity contribution in [2.24, 2.45) is 0 Å². The van der Waals surface area contributed by atoms with E-state index >= 15 is 0 Å². The molecule has 0 aliphatic carbocycles. The molecular formula is C18H23N6O11S6-. The van der Waals surface area contributed by atoms with Gasteiger partial charge < -0.3 is 9.87 Å². The molecule has 41 heavy (non-hydrogen) atoms. The molecule has 17 nitrogen and oxygen atoms in total. The fourth-order valence-electron chi connectivity index (χ4n) is 3.01. The Labute approximate surface area is 240 Å². The minimum atomic E-state index is -6.83. The van der Waals surface area contributed by atoms with E-state index in [1.165, 1.54) is 10.8 Å². The summed E-state index contributed by atoms with van der Waals surface area (Å²) in [5.74, 6) is 0. The average Bonchev–Trinajstić information content (AvgIpc) is 3.32. The maximum atomic E-state index is 12.4. The molecule has 0 fully saturated rings. The van der Waals surface area contributed by atoms with Gasteiger partial charge in [0.2, 0.25) is 5.13 Å². The van der Waals surface area contributed by atoms with E-state index < -0.39 is 54.6 Å². The molecular weight excluding hydrogens is 669 g/mol. The Bertz CT molecular complexity index is 1800. The molecule has 2 aromatic rings. The second kappa shape index (κ2) is 13.4. The van der Waals surface area contributed by atoms with E-state index in [0.29, 0.717) is 6.42 Å². The SMILES string of the molecule is CCCCC(CC)NC(=O)NNc1nc(-c2cccc(NS(=O)(=O)S(=O)(=O)S(=O)(=O)S(=O)(=O)S(=O)[O-])c2)c(C#N)s1. The summed E-state index contributed by atoms with van der Waals surface area (Å²) in [6.07, 6.45) is 3.36. The number of rotatable bonds is 14. The van der Waals surface area contributed by atoms with E-state index in [0.717, 1.165) is 48.8 Å². The third kappa shape index (κ3) is 7.50. The maximum Gasteiger partial charge on any atom is 0.390 e. The molecule has 1 aromatic heterocycles. The highest BCUT2D eigenvalue weighted by Crippen LogP contribution is 2.32. The molecule has 0 aliphatic rings. The van der Waals surface area contributed by atoms with Crippen LogP contribution in [0.15, 0.2) is 24.3 Å². The molecule has 0 aliphatic heterocycles. The van der Waals surface area contributed by atoms with Gasteiger partial charge in [0.25, 0.3) is 0 Å². The van der Waals surface area contributed by atoms with Crippen molar-refractivity contribution >= 4 is 71.1 Å². The molecule has 0 saturated heterocycles. The van der Waals surface area contributed by atoms with Gasteiger partial charge in [-0.3, -0.25) is 14.4 Å². The van der Waals surface area contributed by atoms with Gasteiger partial charge in [-0.05, 0) is 25.0 Å². The van der Waals surface area contributed by atoms with Crippen molar-refractivity contribution in [3.63, 3.8) is 0 Å². The summed E-state index contributed by atoms with van der Waals surface area (Å²) in [6, 6.07) is 5.62. The monoisotopic (exact) mass is 691 g/mol. The lowest BCUT2D eigenvalue weighted by molar-refractivity contribution is 0.237. The van der Waals surface area contributed by atoms with Crippen molar-refractivity contribution in [1.29, 1.82) is 5.26 Å². The molecule has 2 unspecified atom stereocenters. The van der Waals surface area contributed by atoms with Crippen LogP contribution >= 0.6 is 11.3 Å². The minimum absolute atomic E-state index is 0.0228. The summed E-state index contributed by atoms with van der Waals surface area (Å²) in [4.78, 5) is 16.3. The van der Waals surface area contributed by atoms with Gasteiger partial charge >= 0.3 is 38.8 Å². The zero-order valence-electron chi connectivity index (χ0n) is 21.0. The van der Waals surface area contributed by atoms with E-state index in [1.807, 2.05) is 19.9 Å². The maximum absolute atomic E-state index is 12.4. The van der Waals surface area contributed by atoms with Crippen LogP contribution in [0.2, 0.25) is 0 Å². The Morgan fingerprint density at radius 1 is 1.12 bits per heavy atom. The van der Waals surface area contributed by atoms with Crippen LogP contribution in [0, 0.1) is 11.3 Å². The highest BCUT2D eigenvalue weighted by molar-refractivity contribution is 9.24. The number of anilines is 2. The second-order valence-corrected chi connectivity index (χ2v) is 24.7. The van der Waals surface area contributed by atoms with Gasteiger partial charge in [0.05, 0.1) is 15.8 Å². The molecule has 2 rings (SSSR count). The number of carbonyl (C=O) groups excluding carboxylic acids is 1. The summed E-state index contributed by atoms with van der Waals surface area (Å²) >= 11 is 0.802. The first-order chi connectivity index (χ1) is 18.9. The number of nitrogens with zero attached hydrogens (tertiary/aromatic N) is 2. The van der Waals surface area contributed by atoms with Crippen LogP contribution < -0.4 is 20.9 Å². The first-order valence-electron chi connectivity index (χ1n) is 11.2. The summed E-state index contributed by atoms with van der Waals surface area (Å²) in [7, 11) is -30.7. The minimum Gasteiger partial charge on any atom is -0.759 e. The van der Waals surface area contributed by atoms with E-state index in [2.05, 4.69) is 21.2 Å². The number of carbonyl (C=O) groups is 1. The molecule has 0 spiro atoms. The largest absolute Gasteiger partial charge is 0.759 e. The molecule has 1 heterocycles. The van der Waals surface area contributed by atoms with Gasteiger partial charge in [0, 0.05) is 11.6 Å². The molecule has 23 heteroatoms. The number of thiazole rings is 1. The molecule has 4 N–H and O–H groups in total. The number of urea groups is 1. The van der Waals surface area contributed by atoms with Crippen LogP contribution in [0.3, 0.4) is 0 Å². The van der Waals surface area contributed by atoms with Gasteiger partial charge in [-0.1, -0.05) is 50.2 Å². The van der Waals surface area contributed by atoms with Crippen molar-refractivity contribution in [2.45, 2.75) is 45.6 Å². The molecule has 2 atom stereocenters. The Hall–Kier alpha value is -2.88. The quantitative estimate of drug-likeness (QED) is 0.121. The van der Waals surface area contributed by atoms with Gasteiger partial charge in [-0.25, -0.2) is 15.2 Å². The molecule has 0 bridgehead atoms. The van der Waals surface area contributed by atoms with Crippen molar-refractivity contribution in [3.05, 3.63) is 29.1 Å². The predicted molar refractivity (Wildman–Crippen MR) is 149 cm³/mol. The first kappa shape index (κ1) is 34.3. The summed E-state index contributed by atoms with van der Waals surface area (Å²) in [5.41, 5.74) is 4.29. The topological polar surface area (TPSA) is 279 Å².